The molecule has 1 aromatic heterocycles. The van der Waals surface area contributed by atoms with Crippen LogP contribution in [0.4, 0.5) is 0 Å². The van der Waals surface area contributed by atoms with Crippen LogP contribution >= 0.6 is 11.3 Å². The van der Waals surface area contributed by atoms with Crippen molar-refractivity contribution in [1.82, 2.24) is 4.98 Å². The third kappa shape index (κ3) is 2.82. The van der Waals surface area contributed by atoms with Gasteiger partial charge in [-0.15, -0.1) is 11.3 Å². The average Bonchev–Trinajstić information content (AvgIpc) is 2.45. The molecule has 0 aliphatic carbocycles. The van der Waals surface area contributed by atoms with Gasteiger partial charge in [-0.05, 0) is 13.3 Å². The fourth-order valence-corrected chi connectivity index (χ4v) is 2.21. The summed E-state index contributed by atoms with van der Waals surface area (Å²) in [6, 6.07) is 2.14. The van der Waals surface area contributed by atoms with Crippen molar-refractivity contribution >= 4 is 11.3 Å². The van der Waals surface area contributed by atoms with Gasteiger partial charge in [0.05, 0.1) is 16.8 Å². The Balaban J connectivity index is 2.66. The lowest BCUT2D eigenvalue weighted by atomic mass is 10.2. The summed E-state index contributed by atoms with van der Waals surface area (Å²) in [5.41, 5.74) is 1.22. The molecule has 1 heterocycles. The van der Waals surface area contributed by atoms with E-state index in [1.54, 1.807) is 11.3 Å². The second kappa shape index (κ2) is 4.98. The maximum atomic E-state index is 8.43. The van der Waals surface area contributed by atoms with E-state index in [4.69, 9.17) is 5.26 Å². The van der Waals surface area contributed by atoms with Gasteiger partial charge in [-0.25, -0.2) is 4.98 Å². The number of nitriles is 1. The van der Waals surface area contributed by atoms with Crippen LogP contribution in [0.5, 0.6) is 0 Å². The fraction of sp³-hybridized carbons (Fsp3) is 0.600. The summed E-state index contributed by atoms with van der Waals surface area (Å²) in [5.74, 6) is 0. The molecule has 13 heavy (non-hydrogen) atoms. The lowest BCUT2D eigenvalue weighted by Gasteiger charge is -1.91. The predicted molar refractivity (Wildman–Crippen MR) is 54.8 cm³/mol. The number of aromatic nitrogens is 1. The molecule has 0 fully saturated rings. The van der Waals surface area contributed by atoms with E-state index in [1.807, 2.05) is 0 Å². The van der Waals surface area contributed by atoms with Crippen molar-refractivity contribution in [3.05, 3.63) is 15.6 Å². The van der Waals surface area contributed by atoms with Crippen LogP contribution in [0.15, 0.2) is 0 Å². The SMILES string of the molecule is CCCc1nc(CCC#N)sc1C. The lowest BCUT2D eigenvalue weighted by Crippen LogP contribution is -1.87. The second-order valence-electron chi connectivity index (χ2n) is 3.02. The van der Waals surface area contributed by atoms with Crippen LogP contribution in [-0.4, -0.2) is 4.98 Å². The summed E-state index contributed by atoms with van der Waals surface area (Å²) in [7, 11) is 0. The molecule has 70 valence electrons. The topological polar surface area (TPSA) is 36.7 Å². The molecule has 0 aliphatic heterocycles. The molecule has 0 radical (unpaired) electrons. The zero-order chi connectivity index (χ0) is 9.68. The highest BCUT2D eigenvalue weighted by Gasteiger charge is 2.05. The van der Waals surface area contributed by atoms with Crippen molar-refractivity contribution in [3.63, 3.8) is 0 Å². The highest BCUT2D eigenvalue weighted by Crippen LogP contribution is 2.19. The standard InChI is InChI=1S/C10H14N2S/c1-3-5-9-8(2)13-10(12-9)6-4-7-11/h3-6H2,1-2H3. The molecular weight excluding hydrogens is 180 g/mol. The van der Waals surface area contributed by atoms with Gasteiger partial charge in [0, 0.05) is 17.7 Å². The molecule has 0 aliphatic rings. The van der Waals surface area contributed by atoms with Crippen molar-refractivity contribution in [2.75, 3.05) is 0 Å². The quantitative estimate of drug-likeness (QED) is 0.739. The molecular formula is C10H14N2S. The number of thiazole rings is 1. The zero-order valence-electron chi connectivity index (χ0n) is 8.13. The Bertz CT molecular complexity index is 309. The molecule has 1 aromatic rings. The third-order valence-corrected chi connectivity index (χ3v) is 2.95. The minimum absolute atomic E-state index is 0.582. The molecule has 0 aromatic carbocycles. The number of rotatable bonds is 4. The maximum Gasteiger partial charge on any atom is 0.0941 e. The van der Waals surface area contributed by atoms with Crippen molar-refractivity contribution in [2.24, 2.45) is 0 Å². The zero-order valence-corrected chi connectivity index (χ0v) is 8.95. The number of nitrogens with zero attached hydrogens (tertiary/aromatic N) is 2. The Labute approximate surface area is 83.2 Å². The molecule has 0 N–H and O–H groups in total. The van der Waals surface area contributed by atoms with Crippen LogP contribution in [0.2, 0.25) is 0 Å². The Morgan fingerprint density at radius 1 is 1.46 bits per heavy atom. The van der Waals surface area contributed by atoms with Crippen LogP contribution in [0.1, 0.15) is 35.3 Å². The molecule has 2 nitrogen and oxygen atoms in total. The molecule has 0 bridgehead atoms. The molecule has 0 unspecified atom stereocenters. The smallest absolute Gasteiger partial charge is 0.0941 e. The van der Waals surface area contributed by atoms with Gasteiger partial charge in [0.1, 0.15) is 0 Å². The molecule has 0 saturated carbocycles. The van der Waals surface area contributed by atoms with Crippen LogP contribution < -0.4 is 0 Å². The van der Waals surface area contributed by atoms with E-state index in [2.05, 4.69) is 24.9 Å². The Hall–Kier alpha value is -0.880. The first-order chi connectivity index (χ1) is 6.27. The Kier molecular flexibility index (Phi) is 3.91. The van der Waals surface area contributed by atoms with Gasteiger partial charge in [-0.2, -0.15) is 5.26 Å². The molecule has 0 amide bonds. The molecule has 0 atom stereocenters. The number of aryl methyl sites for hydroxylation is 3. The summed E-state index contributed by atoms with van der Waals surface area (Å²) < 4.78 is 0. The summed E-state index contributed by atoms with van der Waals surface area (Å²) in [6.45, 7) is 4.27. The second-order valence-corrected chi connectivity index (χ2v) is 4.31. The van der Waals surface area contributed by atoms with Crippen molar-refractivity contribution in [2.45, 2.75) is 39.5 Å². The van der Waals surface area contributed by atoms with E-state index in [9.17, 15) is 0 Å². The molecule has 0 spiro atoms. The summed E-state index contributed by atoms with van der Waals surface area (Å²) in [6.07, 6.45) is 3.60. The average molecular weight is 194 g/mol. The minimum atomic E-state index is 0.582. The predicted octanol–water partition coefficient (Wildman–Crippen LogP) is 2.86. The summed E-state index contributed by atoms with van der Waals surface area (Å²) in [4.78, 5) is 5.82. The maximum absolute atomic E-state index is 8.43. The van der Waals surface area contributed by atoms with Gasteiger partial charge in [0.25, 0.3) is 0 Å². The van der Waals surface area contributed by atoms with Gasteiger partial charge >= 0.3 is 0 Å². The van der Waals surface area contributed by atoms with E-state index in [0.29, 0.717) is 6.42 Å². The first-order valence-corrected chi connectivity index (χ1v) is 5.41. The molecule has 3 heteroatoms. The first kappa shape index (κ1) is 10.2. The van der Waals surface area contributed by atoms with Crippen LogP contribution in [-0.2, 0) is 12.8 Å². The van der Waals surface area contributed by atoms with Crippen molar-refractivity contribution in [3.8, 4) is 6.07 Å². The van der Waals surface area contributed by atoms with Crippen LogP contribution in [0.3, 0.4) is 0 Å². The van der Waals surface area contributed by atoms with E-state index in [1.165, 1.54) is 10.6 Å². The number of hydrogen-bond acceptors (Lipinski definition) is 3. The highest BCUT2D eigenvalue weighted by atomic mass is 32.1. The molecule has 1 rings (SSSR count). The minimum Gasteiger partial charge on any atom is -0.246 e. The van der Waals surface area contributed by atoms with Gasteiger partial charge in [0.2, 0.25) is 0 Å². The Morgan fingerprint density at radius 2 is 2.23 bits per heavy atom. The van der Waals surface area contributed by atoms with Gasteiger partial charge in [-0.1, -0.05) is 13.3 Å². The molecule has 0 saturated heterocycles. The van der Waals surface area contributed by atoms with Crippen LogP contribution in [0, 0.1) is 18.3 Å². The monoisotopic (exact) mass is 194 g/mol. The van der Waals surface area contributed by atoms with E-state index < -0.39 is 0 Å². The van der Waals surface area contributed by atoms with E-state index >= 15 is 0 Å². The van der Waals surface area contributed by atoms with Crippen molar-refractivity contribution < 1.29 is 0 Å². The first-order valence-electron chi connectivity index (χ1n) is 4.60. The van der Waals surface area contributed by atoms with Gasteiger partial charge < -0.3 is 0 Å². The third-order valence-electron chi connectivity index (χ3n) is 1.87. The van der Waals surface area contributed by atoms with E-state index in [0.717, 1.165) is 24.3 Å². The normalized spacial score (nSPS) is 9.92. The van der Waals surface area contributed by atoms with Gasteiger partial charge in [-0.3, -0.25) is 0 Å². The van der Waals surface area contributed by atoms with Gasteiger partial charge in [0.15, 0.2) is 0 Å². The summed E-state index contributed by atoms with van der Waals surface area (Å²) in [5, 5.41) is 9.55. The van der Waals surface area contributed by atoms with Crippen molar-refractivity contribution in [1.29, 1.82) is 5.26 Å². The largest absolute Gasteiger partial charge is 0.246 e. The highest BCUT2D eigenvalue weighted by molar-refractivity contribution is 7.11. The number of hydrogen-bond donors (Lipinski definition) is 0. The fourth-order valence-electron chi connectivity index (χ4n) is 1.23. The summed E-state index contributed by atoms with van der Waals surface area (Å²) >= 11 is 1.73. The Morgan fingerprint density at radius 3 is 2.85 bits per heavy atom. The van der Waals surface area contributed by atoms with E-state index in [-0.39, 0.29) is 0 Å². The van der Waals surface area contributed by atoms with Crippen LogP contribution in [0.25, 0.3) is 0 Å². The lowest BCUT2D eigenvalue weighted by molar-refractivity contribution is 0.867.